The molecule has 0 saturated carbocycles. The molecule has 5 N–H and O–H groups in total. The minimum Gasteiger partial charge on any atom is -0.409 e. The van der Waals surface area contributed by atoms with Gasteiger partial charge in [0.25, 0.3) is 0 Å². The lowest BCUT2D eigenvalue weighted by Crippen LogP contribution is -2.12. The van der Waals surface area contributed by atoms with Gasteiger partial charge in [-0.2, -0.15) is 0 Å². The third-order valence-corrected chi connectivity index (χ3v) is 3.40. The van der Waals surface area contributed by atoms with E-state index in [2.05, 4.69) is 23.3 Å². The Morgan fingerprint density at radius 3 is 2.35 bits per heavy atom. The second-order valence-corrected chi connectivity index (χ2v) is 4.77. The fourth-order valence-electron chi connectivity index (χ4n) is 2.14. The molecule has 0 atom stereocenters. The van der Waals surface area contributed by atoms with Gasteiger partial charge in [-0.1, -0.05) is 66.9 Å². The number of anilines is 1. The first-order valence-electron chi connectivity index (χ1n) is 6.90. The SMILES string of the molecule is C=Cc1cnc(N)c(/C=C/c2ccc(/C(N)=N/O)cc2)c1C=C. The van der Waals surface area contributed by atoms with E-state index in [9.17, 15) is 0 Å². The molecule has 2 rings (SSSR count). The summed E-state index contributed by atoms with van der Waals surface area (Å²) in [6.07, 6.45) is 8.90. The van der Waals surface area contributed by atoms with Crippen LogP contribution in [0.25, 0.3) is 24.3 Å². The summed E-state index contributed by atoms with van der Waals surface area (Å²) in [7, 11) is 0. The predicted molar refractivity (Wildman–Crippen MR) is 96.7 cm³/mol. The lowest BCUT2D eigenvalue weighted by molar-refractivity contribution is 0.318. The van der Waals surface area contributed by atoms with Crippen molar-refractivity contribution in [2.75, 3.05) is 5.73 Å². The largest absolute Gasteiger partial charge is 0.409 e. The van der Waals surface area contributed by atoms with Crippen LogP contribution >= 0.6 is 0 Å². The van der Waals surface area contributed by atoms with Crippen molar-refractivity contribution < 1.29 is 5.21 Å². The Morgan fingerprint density at radius 1 is 1.09 bits per heavy atom. The number of amidine groups is 1. The molecule has 1 aromatic carbocycles. The molecule has 0 aliphatic carbocycles. The molecule has 5 heteroatoms. The molecule has 2 aromatic rings. The molecule has 0 saturated heterocycles. The summed E-state index contributed by atoms with van der Waals surface area (Å²) in [6, 6.07) is 7.26. The number of hydrogen-bond acceptors (Lipinski definition) is 4. The minimum absolute atomic E-state index is 0.0709. The van der Waals surface area contributed by atoms with E-state index in [4.69, 9.17) is 16.7 Å². The highest BCUT2D eigenvalue weighted by molar-refractivity contribution is 5.97. The molecule has 0 spiro atoms. The maximum Gasteiger partial charge on any atom is 0.170 e. The molecule has 1 aromatic heterocycles. The van der Waals surface area contributed by atoms with Gasteiger partial charge in [0.05, 0.1) is 0 Å². The van der Waals surface area contributed by atoms with Crippen LogP contribution in [0.1, 0.15) is 27.8 Å². The van der Waals surface area contributed by atoms with Gasteiger partial charge < -0.3 is 16.7 Å². The molecule has 23 heavy (non-hydrogen) atoms. The highest BCUT2D eigenvalue weighted by Gasteiger charge is 2.06. The first-order valence-corrected chi connectivity index (χ1v) is 6.90. The van der Waals surface area contributed by atoms with Gasteiger partial charge in [-0.15, -0.1) is 0 Å². The van der Waals surface area contributed by atoms with Crippen molar-refractivity contribution in [1.82, 2.24) is 4.98 Å². The molecule has 0 unspecified atom stereocenters. The van der Waals surface area contributed by atoms with E-state index in [-0.39, 0.29) is 5.84 Å². The van der Waals surface area contributed by atoms with Crippen molar-refractivity contribution in [2.45, 2.75) is 0 Å². The van der Waals surface area contributed by atoms with E-state index in [1.165, 1.54) is 0 Å². The smallest absolute Gasteiger partial charge is 0.170 e. The van der Waals surface area contributed by atoms with Crippen molar-refractivity contribution in [3.05, 3.63) is 71.4 Å². The van der Waals surface area contributed by atoms with Gasteiger partial charge in [0.15, 0.2) is 5.84 Å². The van der Waals surface area contributed by atoms with Crippen molar-refractivity contribution in [3.8, 4) is 0 Å². The Balaban J connectivity index is 2.37. The van der Waals surface area contributed by atoms with Crippen molar-refractivity contribution >= 4 is 36.0 Å². The molecule has 0 fully saturated rings. The highest BCUT2D eigenvalue weighted by Crippen LogP contribution is 2.23. The number of hydrogen-bond donors (Lipinski definition) is 3. The Kier molecular flexibility index (Phi) is 4.94. The van der Waals surface area contributed by atoms with Crippen molar-refractivity contribution in [2.24, 2.45) is 10.9 Å². The van der Waals surface area contributed by atoms with Crippen LogP contribution in [-0.2, 0) is 0 Å². The number of benzene rings is 1. The molecule has 0 aliphatic rings. The number of nitrogen functional groups attached to an aromatic ring is 1. The van der Waals surface area contributed by atoms with Gasteiger partial charge in [0.2, 0.25) is 0 Å². The summed E-state index contributed by atoms with van der Waals surface area (Å²) >= 11 is 0. The van der Waals surface area contributed by atoms with Gasteiger partial charge >= 0.3 is 0 Å². The summed E-state index contributed by atoms with van der Waals surface area (Å²) in [5, 5.41) is 11.6. The molecule has 0 aliphatic heterocycles. The summed E-state index contributed by atoms with van der Waals surface area (Å²) in [5.74, 6) is 0.497. The van der Waals surface area contributed by atoms with Crippen LogP contribution in [0, 0.1) is 0 Å². The van der Waals surface area contributed by atoms with Crippen molar-refractivity contribution in [1.29, 1.82) is 0 Å². The summed E-state index contributed by atoms with van der Waals surface area (Å²) in [4.78, 5) is 4.17. The zero-order valence-corrected chi connectivity index (χ0v) is 12.6. The van der Waals surface area contributed by atoms with Crippen LogP contribution in [0.15, 0.2) is 48.8 Å². The van der Waals surface area contributed by atoms with Gasteiger partial charge in [0, 0.05) is 22.9 Å². The number of oxime groups is 1. The van der Waals surface area contributed by atoms with Gasteiger partial charge in [0.1, 0.15) is 5.82 Å². The number of pyridine rings is 1. The molecule has 1 heterocycles. The molecular formula is C18H18N4O. The lowest BCUT2D eigenvalue weighted by Gasteiger charge is -2.08. The molecule has 5 nitrogen and oxygen atoms in total. The number of nitrogens with two attached hydrogens (primary N) is 2. The minimum atomic E-state index is 0.0709. The van der Waals surface area contributed by atoms with Crippen molar-refractivity contribution in [3.63, 3.8) is 0 Å². The second-order valence-electron chi connectivity index (χ2n) is 4.77. The van der Waals surface area contributed by atoms with Crippen LogP contribution in [-0.4, -0.2) is 16.0 Å². The average Bonchev–Trinajstić information content (AvgIpc) is 2.60. The molecule has 0 bridgehead atoms. The van der Waals surface area contributed by atoms with Crippen LogP contribution in [0.5, 0.6) is 0 Å². The quantitative estimate of drug-likeness (QED) is 0.342. The first-order chi connectivity index (χ1) is 11.1. The number of rotatable bonds is 5. The molecule has 0 radical (unpaired) electrons. The Bertz CT molecular complexity index is 789. The van der Waals surface area contributed by atoms with Crippen LogP contribution < -0.4 is 11.5 Å². The lowest BCUT2D eigenvalue weighted by atomic mass is 10.0. The Labute approximate surface area is 135 Å². The van der Waals surface area contributed by atoms with E-state index in [1.54, 1.807) is 30.5 Å². The standard InChI is InChI=1S/C18H18N4O/c1-3-13-11-21-18(20)16(15(13)4-2)10-7-12-5-8-14(9-6-12)17(19)22-23/h3-11,23H,1-2H2,(H2,19,22)(H2,20,21)/b10-7+. The average molecular weight is 306 g/mol. The third-order valence-electron chi connectivity index (χ3n) is 3.40. The number of nitrogens with zero attached hydrogens (tertiary/aromatic N) is 2. The van der Waals surface area contributed by atoms with Gasteiger partial charge in [-0.3, -0.25) is 0 Å². The van der Waals surface area contributed by atoms with Gasteiger partial charge in [-0.25, -0.2) is 4.98 Å². The van der Waals surface area contributed by atoms with Crippen LogP contribution in [0.4, 0.5) is 5.82 Å². The normalized spacial score (nSPS) is 11.6. The summed E-state index contributed by atoms with van der Waals surface area (Å²) in [5.41, 5.74) is 15.6. The second kappa shape index (κ2) is 7.09. The zero-order chi connectivity index (χ0) is 16.8. The molecule has 0 amide bonds. The predicted octanol–water partition coefficient (Wildman–Crippen LogP) is 3.21. The molecular weight excluding hydrogens is 288 g/mol. The van der Waals surface area contributed by atoms with E-state index in [1.807, 2.05) is 24.3 Å². The Morgan fingerprint density at radius 2 is 1.78 bits per heavy atom. The summed E-state index contributed by atoms with van der Waals surface area (Å²) < 4.78 is 0. The third kappa shape index (κ3) is 3.47. The van der Waals surface area contributed by atoms with Crippen LogP contribution in [0.3, 0.4) is 0 Å². The van der Waals surface area contributed by atoms with E-state index in [0.717, 1.165) is 22.3 Å². The monoisotopic (exact) mass is 306 g/mol. The Hall–Kier alpha value is -3.34. The van der Waals surface area contributed by atoms with E-state index in [0.29, 0.717) is 11.4 Å². The maximum atomic E-state index is 8.66. The van der Waals surface area contributed by atoms with Crippen LogP contribution in [0.2, 0.25) is 0 Å². The molecule has 116 valence electrons. The maximum absolute atomic E-state index is 8.66. The fourth-order valence-corrected chi connectivity index (χ4v) is 2.14. The number of aromatic nitrogens is 1. The van der Waals surface area contributed by atoms with E-state index >= 15 is 0 Å². The summed E-state index contributed by atoms with van der Waals surface area (Å²) in [6.45, 7) is 7.59. The first kappa shape index (κ1) is 16.0. The fraction of sp³-hybridized carbons (Fsp3) is 0. The zero-order valence-electron chi connectivity index (χ0n) is 12.6. The topological polar surface area (TPSA) is 97.5 Å². The van der Waals surface area contributed by atoms with Gasteiger partial charge in [-0.05, 0) is 11.1 Å². The van der Waals surface area contributed by atoms with E-state index < -0.39 is 0 Å². The highest BCUT2D eigenvalue weighted by atomic mass is 16.4.